The molecule has 0 radical (unpaired) electrons. The van der Waals surface area contributed by atoms with Gasteiger partial charge in [0, 0.05) is 11.3 Å². The highest BCUT2D eigenvalue weighted by Gasteiger charge is 2.38. The second-order valence-corrected chi connectivity index (χ2v) is 3.66. The zero-order valence-electron chi connectivity index (χ0n) is 7.73. The number of rotatable bonds is 3. The topological polar surface area (TPSA) is 69.4 Å². The highest BCUT2D eigenvalue weighted by Crippen LogP contribution is 2.27. The maximum absolute atomic E-state index is 11.2. The molecule has 1 rings (SSSR count). The van der Waals surface area contributed by atoms with E-state index in [-0.39, 0.29) is 24.3 Å². The van der Waals surface area contributed by atoms with Crippen LogP contribution in [-0.4, -0.2) is 23.5 Å². The number of nitro groups is 1. The number of hydrogen-bond acceptors (Lipinski definition) is 4. The summed E-state index contributed by atoms with van der Waals surface area (Å²) in [5.41, 5.74) is 0. The van der Waals surface area contributed by atoms with Crippen LogP contribution in [0.15, 0.2) is 0 Å². The minimum Gasteiger partial charge on any atom is -0.455 e. The summed E-state index contributed by atoms with van der Waals surface area (Å²) in [5, 5.41) is 10.2. The lowest BCUT2D eigenvalue weighted by atomic mass is 9.93. The molecule has 1 unspecified atom stereocenters. The van der Waals surface area contributed by atoms with Crippen molar-refractivity contribution in [1.29, 1.82) is 0 Å². The number of carbonyl (C=O) groups is 1. The third-order valence-electron chi connectivity index (χ3n) is 2.26. The summed E-state index contributed by atoms with van der Waals surface area (Å²) in [6.07, 6.45) is -0.0350. The zero-order valence-corrected chi connectivity index (χ0v) is 7.73. The molecule has 1 aliphatic heterocycles. The molecule has 1 heterocycles. The van der Waals surface area contributed by atoms with Gasteiger partial charge in [-0.1, -0.05) is 13.8 Å². The van der Waals surface area contributed by atoms with Gasteiger partial charge in [-0.15, -0.1) is 0 Å². The third kappa shape index (κ3) is 2.40. The predicted octanol–water partition coefficient (Wildman–Crippen LogP) is 0.851. The lowest BCUT2D eigenvalue weighted by Crippen LogP contribution is -2.19. The number of hydrogen-bond donors (Lipinski definition) is 0. The molecule has 0 aromatic carbocycles. The fourth-order valence-corrected chi connectivity index (χ4v) is 1.50. The molecule has 0 N–H and O–H groups in total. The number of nitrogens with zero attached hydrogens (tertiary/aromatic N) is 1. The second kappa shape index (κ2) is 3.72. The van der Waals surface area contributed by atoms with Crippen molar-refractivity contribution in [2.24, 2.45) is 11.8 Å². The molecule has 0 saturated carbocycles. The van der Waals surface area contributed by atoms with E-state index in [1.54, 1.807) is 0 Å². The van der Waals surface area contributed by atoms with Gasteiger partial charge in [-0.05, 0) is 5.92 Å². The Kier molecular flexibility index (Phi) is 2.85. The molecular formula is C8H13NO4. The van der Waals surface area contributed by atoms with Crippen molar-refractivity contribution in [2.75, 3.05) is 6.54 Å². The van der Waals surface area contributed by atoms with E-state index in [9.17, 15) is 14.9 Å². The van der Waals surface area contributed by atoms with Crippen molar-refractivity contribution in [3.63, 3.8) is 0 Å². The lowest BCUT2D eigenvalue weighted by Gasteiger charge is -2.07. The average Bonchev–Trinajstić information content (AvgIpc) is 2.29. The summed E-state index contributed by atoms with van der Waals surface area (Å²) in [6, 6.07) is 0. The Morgan fingerprint density at radius 1 is 1.69 bits per heavy atom. The molecule has 0 bridgehead atoms. The molecule has 0 spiro atoms. The molecule has 1 aliphatic rings. The minimum atomic E-state index is -0.519. The van der Waals surface area contributed by atoms with Crippen LogP contribution < -0.4 is 0 Å². The molecule has 13 heavy (non-hydrogen) atoms. The zero-order chi connectivity index (χ0) is 10.0. The quantitative estimate of drug-likeness (QED) is 0.373. The first-order valence-electron chi connectivity index (χ1n) is 4.33. The Morgan fingerprint density at radius 3 is 2.69 bits per heavy atom. The molecule has 1 fully saturated rings. The maximum Gasteiger partial charge on any atom is 0.309 e. The van der Waals surface area contributed by atoms with Gasteiger partial charge in [0.1, 0.15) is 0 Å². The van der Waals surface area contributed by atoms with E-state index in [1.165, 1.54) is 0 Å². The van der Waals surface area contributed by atoms with Gasteiger partial charge in [-0.2, -0.15) is 0 Å². The maximum atomic E-state index is 11.2. The average molecular weight is 187 g/mol. The van der Waals surface area contributed by atoms with Crippen LogP contribution in [0.25, 0.3) is 0 Å². The number of cyclic esters (lactones) is 1. The first-order chi connectivity index (χ1) is 6.00. The van der Waals surface area contributed by atoms with Crippen LogP contribution >= 0.6 is 0 Å². The van der Waals surface area contributed by atoms with E-state index in [1.807, 2.05) is 13.8 Å². The van der Waals surface area contributed by atoms with E-state index in [4.69, 9.17) is 4.74 Å². The van der Waals surface area contributed by atoms with Crippen LogP contribution in [0.3, 0.4) is 0 Å². The van der Waals surface area contributed by atoms with Gasteiger partial charge in [0.2, 0.25) is 6.54 Å². The van der Waals surface area contributed by atoms with Gasteiger partial charge in [0.25, 0.3) is 0 Å². The van der Waals surface area contributed by atoms with Gasteiger partial charge in [0.05, 0.1) is 5.92 Å². The Labute approximate surface area is 76.2 Å². The van der Waals surface area contributed by atoms with Gasteiger partial charge in [-0.25, -0.2) is 0 Å². The SMILES string of the molecule is CC(C)[C@@H]1CC(C[N+](=O)[O-])OC1=O. The van der Waals surface area contributed by atoms with Crippen molar-refractivity contribution in [3.8, 4) is 0 Å². The largest absolute Gasteiger partial charge is 0.455 e. The molecule has 1 saturated heterocycles. The summed E-state index contributed by atoms with van der Waals surface area (Å²) < 4.78 is 4.87. The summed E-state index contributed by atoms with van der Waals surface area (Å²) in [7, 11) is 0. The van der Waals surface area contributed by atoms with Gasteiger partial charge in [0.15, 0.2) is 6.10 Å². The Bertz CT molecular complexity index is 226. The molecule has 5 heteroatoms. The molecular weight excluding hydrogens is 174 g/mol. The van der Waals surface area contributed by atoms with Gasteiger partial charge in [-0.3, -0.25) is 14.9 Å². The lowest BCUT2D eigenvalue weighted by molar-refractivity contribution is -0.489. The summed E-state index contributed by atoms with van der Waals surface area (Å²) >= 11 is 0. The van der Waals surface area contributed by atoms with E-state index < -0.39 is 11.0 Å². The first kappa shape index (κ1) is 9.95. The molecule has 0 aromatic heterocycles. The second-order valence-electron chi connectivity index (χ2n) is 3.66. The van der Waals surface area contributed by atoms with Crippen LogP contribution in [0, 0.1) is 22.0 Å². The number of ether oxygens (including phenoxy) is 1. The smallest absolute Gasteiger partial charge is 0.309 e. The van der Waals surface area contributed by atoms with E-state index in [0.29, 0.717) is 6.42 Å². The molecule has 5 nitrogen and oxygen atoms in total. The molecule has 0 aliphatic carbocycles. The predicted molar refractivity (Wildman–Crippen MR) is 44.7 cm³/mol. The first-order valence-corrected chi connectivity index (χ1v) is 4.33. The van der Waals surface area contributed by atoms with Crippen LogP contribution in [-0.2, 0) is 9.53 Å². The van der Waals surface area contributed by atoms with E-state index in [0.717, 1.165) is 0 Å². The summed E-state index contributed by atoms with van der Waals surface area (Å²) in [4.78, 5) is 20.9. The fourth-order valence-electron chi connectivity index (χ4n) is 1.50. The van der Waals surface area contributed by atoms with Crippen molar-refractivity contribution in [3.05, 3.63) is 10.1 Å². The van der Waals surface area contributed by atoms with Crippen LogP contribution in [0.2, 0.25) is 0 Å². The third-order valence-corrected chi connectivity index (χ3v) is 2.26. The Hall–Kier alpha value is -1.13. The van der Waals surface area contributed by atoms with Gasteiger partial charge < -0.3 is 4.74 Å². The van der Waals surface area contributed by atoms with E-state index >= 15 is 0 Å². The number of esters is 1. The van der Waals surface area contributed by atoms with Crippen LogP contribution in [0.5, 0.6) is 0 Å². The summed E-state index contributed by atoms with van der Waals surface area (Å²) in [5.74, 6) is -0.254. The van der Waals surface area contributed by atoms with Crippen molar-refractivity contribution < 1.29 is 14.5 Å². The number of carbonyl (C=O) groups excluding carboxylic acids is 1. The van der Waals surface area contributed by atoms with Crippen LogP contribution in [0.4, 0.5) is 0 Å². The molecule has 74 valence electrons. The Balaban J connectivity index is 2.50. The van der Waals surface area contributed by atoms with E-state index in [2.05, 4.69) is 0 Å². The molecule has 0 aromatic rings. The summed E-state index contributed by atoms with van der Waals surface area (Å²) in [6.45, 7) is 3.57. The highest BCUT2D eigenvalue weighted by molar-refractivity contribution is 5.74. The normalized spacial score (nSPS) is 27.8. The highest BCUT2D eigenvalue weighted by atomic mass is 16.6. The van der Waals surface area contributed by atoms with Gasteiger partial charge >= 0.3 is 5.97 Å². The molecule has 0 amide bonds. The van der Waals surface area contributed by atoms with Crippen molar-refractivity contribution in [1.82, 2.24) is 0 Å². The monoisotopic (exact) mass is 187 g/mol. The van der Waals surface area contributed by atoms with Crippen molar-refractivity contribution >= 4 is 5.97 Å². The standard InChI is InChI=1S/C8H13NO4/c1-5(2)7-3-6(4-9(11)12)13-8(7)10/h5-7H,3-4H2,1-2H3/t6?,7-/m0/s1. The van der Waals surface area contributed by atoms with Crippen molar-refractivity contribution in [2.45, 2.75) is 26.4 Å². The minimum absolute atomic E-state index is 0.162. The molecule has 2 atom stereocenters. The van der Waals surface area contributed by atoms with Crippen LogP contribution in [0.1, 0.15) is 20.3 Å². The fraction of sp³-hybridized carbons (Fsp3) is 0.875. The Morgan fingerprint density at radius 2 is 2.31 bits per heavy atom.